The number of amides is 4. The molecule has 0 aromatic rings. The fraction of sp³-hybridized carbons (Fsp3) is 0.714. The number of Topliss-reactive ketones (excluding diaryl/α,β-unsaturated/α-hetero) is 2. The average molecular weight is 649 g/mol. The number of aliphatic carboxylic acids is 1. The van der Waals surface area contributed by atoms with Crippen LogP contribution in [0.15, 0.2) is 0 Å². The smallest absolute Gasteiger partial charge is 0.333 e. The molecule has 17 heteroatoms. The van der Waals surface area contributed by atoms with E-state index in [1.165, 1.54) is 0 Å². The van der Waals surface area contributed by atoms with Crippen LogP contribution < -0.4 is 0 Å². The molecule has 2 aliphatic heterocycles. The Balaban J connectivity index is 0.000000721. The van der Waals surface area contributed by atoms with Crippen LogP contribution in [-0.2, 0) is 62.1 Å². The molecule has 2 aliphatic rings. The maximum atomic E-state index is 11.6. The minimum absolute atomic E-state index is 0.0206. The number of ketones is 2. The molecule has 0 saturated carbocycles. The molecule has 2 saturated heterocycles. The van der Waals surface area contributed by atoms with Gasteiger partial charge in [0.2, 0.25) is 0 Å². The topological polar surface area (TPSA) is 230 Å². The molecule has 256 valence electrons. The highest BCUT2D eigenvalue weighted by atomic mass is 16.7. The summed E-state index contributed by atoms with van der Waals surface area (Å²) in [5.74, 6) is -3.87. The van der Waals surface area contributed by atoms with Crippen molar-refractivity contribution in [1.29, 1.82) is 0 Å². The molecule has 0 unspecified atom stereocenters. The average Bonchev–Trinajstić information content (AvgIpc) is 3.48. The summed E-state index contributed by atoms with van der Waals surface area (Å²) in [5.41, 5.74) is 0. The third kappa shape index (κ3) is 21.7. The lowest BCUT2D eigenvalue weighted by molar-refractivity contribution is -0.197. The van der Waals surface area contributed by atoms with Crippen molar-refractivity contribution in [2.75, 3.05) is 53.9 Å². The molecular weight excluding hydrogens is 604 g/mol. The van der Waals surface area contributed by atoms with E-state index < -0.39 is 35.6 Å². The van der Waals surface area contributed by atoms with Crippen molar-refractivity contribution in [3.63, 3.8) is 0 Å². The highest BCUT2D eigenvalue weighted by molar-refractivity contribution is 6.01. The van der Waals surface area contributed by atoms with Gasteiger partial charge in [-0.2, -0.15) is 5.06 Å². The highest BCUT2D eigenvalue weighted by Crippen LogP contribution is 2.13. The number of carbonyl (C=O) groups is 8. The van der Waals surface area contributed by atoms with Gasteiger partial charge in [0.05, 0.1) is 39.3 Å². The second-order valence-electron chi connectivity index (χ2n) is 9.53. The summed E-state index contributed by atoms with van der Waals surface area (Å²) in [7, 11) is 3.17. The maximum Gasteiger partial charge on any atom is 0.333 e. The molecule has 0 aromatic carbocycles. The maximum absolute atomic E-state index is 11.6. The van der Waals surface area contributed by atoms with Crippen LogP contribution >= 0.6 is 0 Å². The monoisotopic (exact) mass is 648 g/mol. The lowest BCUT2D eigenvalue weighted by Crippen LogP contribution is -2.32. The van der Waals surface area contributed by atoms with Crippen LogP contribution in [0.5, 0.6) is 0 Å². The van der Waals surface area contributed by atoms with Gasteiger partial charge in [0, 0.05) is 78.8 Å². The lowest BCUT2D eigenvalue weighted by Gasteiger charge is -2.12. The van der Waals surface area contributed by atoms with Crippen molar-refractivity contribution in [1.82, 2.24) is 10.1 Å². The van der Waals surface area contributed by atoms with E-state index in [0.29, 0.717) is 70.4 Å². The van der Waals surface area contributed by atoms with Crippen molar-refractivity contribution in [2.24, 2.45) is 0 Å². The summed E-state index contributed by atoms with van der Waals surface area (Å²) >= 11 is 0. The Morgan fingerprint density at radius 3 is 1.40 bits per heavy atom. The first kappa shape index (κ1) is 41.4. The van der Waals surface area contributed by atoms with E-state index in [0.717, 1.165) is 0 Å². The van der Waals surface area contributed by atoms with E-state index in [4.69, 9.17) is 29.3 Å². The predicted molar refractivity (Wildman–Crippen MR) is 150 cm³/mol. The fourth-order valence-electron chi connectivity index (χ4n) is 3.34. The van der Waals surface area contributed by atoms with Crippen LogP contribution in [0.3, 0.4) is 0 Å². The van der Waals surface area contributed by atoms with Gasteiger partial charge in [-0.3, -0.25) is 38.8 Å². The Morgan fingerprint density at radius 2 is 1.02 bits per heavy atom. The zero-order valence-electron chi connectivity index (χ0n) is 25.8. The minimum atomic E-state index is -0.931. The standard InChI is InChI=1S/C14H21NO7.C10H18O5.C4H5NO3/c1-20-9-10-21-8-2-3-11(16)4-7-14(19)22-15-12(17)5-6-13(15)18;1-14-7-8-15-6-2-3-9(11)4-5-10(12)13;6-3-1-2-4(7)5(3)8/h2-10H2,1H3;2-8H2,1H3,(H,12,13);8H,1-2H2. The van der Waals surface area contributed by atoms with E-state index in [1.54, 1.807) is 14.2 Å². The summed E-state index contributed by atoms with van der Waals surface area (Å²) in [5, 5.41) is 17.4. The summed E-state index contributed by atoms with van der Waals surface area (Å²) in [6.07, 6.45) is 2.21. The molecule has 0 spiro atoms. The summed E-state index contributed by atoms with van der Waals surface area (Å²) in [6.45, 7) is 3.04. The van der Waals surface area contributed by atoms with Gasteiger partial charge >= 0.3 is 11.9 Å². The van der Waals surface area contributed by atoms with Gasteiger partial charge < -0.3 is 28.9 Å². The second-order valence-corrected chi connectivity index (χ2v) is 9.53. The summed E-state index contributed by atoms with van der Waals surface area (Å²) in [6, 6.07) is 0. The van der Waals surface area contributed by atoms with Crippen molar-refractivity contribution >= 4 is 47.1 Å². The Labute approximate surface area is 260 Å². The van der Waals surface area contributed by atoms with Gasteiger partial charge in [0.1, 0.15) is 11.6 Å². The third-order valence-corrected chi connectivity index (χ3v) is 5.80. The first-order chi connectivity index (χ1) is 21.4. The number of nitrogens with zero attached hydrogens (tertiary/aromatic N) is 2. The van der Waals surface area contributed by atoms with E-state index in [9.17, 15) is 38.4 Å². The second kappa shape index (κ2) is 25.7. The Morgan fingerprint density at radius 1 is 0.600 bits per heavy atom. The first-order valence-corrected chi connectivity index (χ1v) is 14.4. The third-order valence-electron chi connectivity index (χ3n) is 5.80. The quantitative estimate of drug-likeness (QED) is 0.0995. The largest absolute Gasteiger partial charge is 0.481 e. The molecule has 4 amide bonds. The predicted octanol–water partition coefficient (Wildman–Crippen LogP) is 0.774. The van der Waals surface area contributed by atoms with Crippen LogP contribution in [0.1, 0.15) is 77.0 Å². The number of carboxylic acid groups (broad SMARTS) is 1. The van der Waals surface area contributed by atoms with Gasteiger partial charge in [0.25, 0.3) is 23.6 Å². The molecule has 2 rings (SSSR count). The molecule has 17 nitrogen and oxygen atoms in total. The van der Waals surface area contributed by atoms with Crippen LogP contribution in [0.2, 0.25) is 0 Å². The molecule has 0 bridgehead atoms. The summed E-state index contributed by atoms with van der Waals surface area (Å²) < 4.78 is 20.0. The van der Waals surface area contributed by atoms with Gasteiger partial charge in [-0.1, -0.05) is 0 Å². The zero-order valence-corrected chi connectivity index (χ0v) is 25.8. The molecule has 0 aromatic heterocycles. The van der Waals surface area contributed by atoms with Gasteiger partial charge in [-0.15, -0.1) is 5.06 Å². The van der Waals surface area contributed by atoms with E-state index in [1.807, 2.05) is 0 Å². The number of ether oxygens (including phenoxy) is 4. The number of hydrogen-bond donors (Lipinski definition) is 2. The van der Waals surface area contributed by atoms with E-state index in [-0.39, 0.29) is 68.0 Å². The Kier molecular flexibility index (Phi) is 23.6. The molecular formula is C28H44N2O15. The Bertz CT molecular complexity index is 953. The van der Waals surface area contributed by atoms with Gasteiger partial charge in [0.15, 0.2) is 0 Å². The molecule has 2 heterocycles. The molecule has 0 radical (unpaired) electrons. The molecule has 0 atom stereocenters. The van der Waals surface area contributed by atoms with E-state index in [2.05, 4.69) is 4.84 Å². The first-order valence-electron chi connectivity index (χ1n) is 14.4. The molecule has 0 aliphatic carbocycles. The number of carbonyl (C=O) groups excluding carboxylic acids is 7. The van der Waals surface area contributed by atoms with Crippen LogP contribution in [-0.4, -0.2) is 121 Å². The summed E-state index contributed by atoms with van der Waals surface area (Å²) in [4.78, 5) is 91.9. The van der Waals surface area contributed by atoms with Gasteiger partial charge in [-0.25, -0.2) is 4.79 Å². The number of carboxylic acids is 1. The lowest BCUT2D eigenvalue weighted by atomic mass is 10.1. The Hall–Kier alpha value is -3.64. The van der Waals surface area contributed by atoms with Crippen molar-refractivity contribution in [2.45, 2.75) is 77.0 Å². The normalized spacial score (nSPS) is 14.1. The van der Waals surface area contributed by atoms with Crippen LogP contribution in [0.4, 0.5) is 0 Å². The number of methoxy groups -OCH3 is 2. The fourth-order valence-corrected chi connectivity index (χ4v) is 3.34. The van der Waals surface area contributed by atoms with Crippen molar-refractivity contribution < 1.29 is 72.5 Å². The number of hydrogen-bond acceptors (Lipinski definition) is 14. The molecule has 2 N–H and O–H groups in total. The van der Waals surface area contributed by atoms with Crippen LogP contribution in [0, 0.1) is 0 Å². The zero-order chi connectivity index (χ0) is 34.0. The number of rotatable bonds is 21. The van der Waals surface area contributed by atoms with Crippen molar-refractivity contribution in [3.8, 4) is 0 Å². The SMILES string of the molecule is COCCOCCCC(=O)CCC(=O)O.COCCOCCCC(=O)CCC(=O)ON1C(=O)CCC1=O.O=C1CCC(=O)N1O. The van der Waals surface area contributed by atoms with Gasteiger partial charge in [-0.05, 0) is 12.8 Å². The molecule has 2 fully saturated rings. The van der Waals surface area contributed by atoms with Crippen molar-refractivity contribution in [3.05, 3.63) is 0 Å². The number of hydroxylamine groups is 4. The number of imide groups is 2. The molecule has 45 heavy (non-hydrogen) atoms. The minimum Gasteiger partial charge on any atom is -0.481 e. The van der Waals surface area contributed by atoms with E-state index >= 15 is 0 Å². The van der Waals surface area contributed by atoms with Crippen LogP contribution in [0.25, 0.3) is 0 Å². The highest BCUT2D eigenvalue weighted by Gasteiger charge is 2.32.